The van der Waals surface area contributed by atoms with Gasteiger partial charge in [-0.1, -0.05) is 43.2 Å². The summed E-state index contributed by atoms with van der Waals surface area (Å²) >= 11 is 0. The number of allylic oxidation sites excluding steroid dienone is 1. The van der Waals surface area contributed by atoms with Crippen LogP contribution >= 0.6 is 0 Å². The van der Waals surface area contributed by atoms with Crippen LogP contribution in [-0.2, 0) is 11.3 Å². The number of unbranched alkanes of at least 4 members (excludes halogenated alkanes) is 1. The lowest BCUT2D eigenvalue weighted by Gasteiger charge is -2.10. The Bertz CT molecular complexity index is 1150. The summed E-state index contributed by atoms with van der Waals surface area (Å²) < 4.78 is 1.91. The number of carbonyl (C=O) groups is 1. The molecule has 0 aliphatic carbocycles. The molecule has 0 fully saturated rings. The number of Topliss-reactive ketones (excluding diaryl/α,β-unsaturated/α-hetero) is 1. The number of ketones is 1. The number of aliphatic hydroxyl groups excluding tert-OH is 1. The molecule has 3 rings (SSSR count). The van der Waals surface area contributed by atoms with Crippen molar-refractivity contribution in [2.45, 2.75) is 46.1 Å². The molecule has 0 bridgehead atoms. The van der Waals surface area contributed by atoms with E-state index in [4.69, 9.17) is 12.3 Å². The molecular weight excluding hydrogens is 390 g/mol. The van der Waals surface area contributed by atoms with Gasteiger partial charge in [-0.3, -0.25) is 0 Å². The highest BCUT2D eigenvalue weighted by molar-refractivity contribution is 6.07. The minimum atomic E-state index is -0.176. The van der Waals surface area contributed by atoms with Gasteiger partial charge in [0.05, 0.1) is 12.0 Å². The highest BCUT2D eigenvalue weighted by Crippen LogP contribution is 2.38. The Morgan fingerprint density at radius 3 is 2.65 bits per heavy atom. The number of carbonyl (C=O) groups excluding carboxylic acids is 1. The van der Waals surface area contributed by atoms with E-state index in [1.165, 1.54) is 6.33 Å². The van der Waals surface area contributed by atoms with Crippen molar-refractivity contribution in [3.63, 3.8) is 0 Å². The normalized spacial score (nSPS) is 11.6. The second kappa shape index (κ2) is 10.0. The SMILES string of the molecule is [C-]#[N+]/C(=C\c1c(-c2ccc(C)cc2)c2c(N)ncnc2n1CCCO)C(=O)CCCC. The number of benzene rings is 1. The summed E-state index contributed by atoms with van der Waals surface area (Å²) in [6, 6.07) is 7.98. The van der Waals surface area contributed by atoms with E-state index in [1.54, 1.807) is 6.08 Å². The number of aliphatic hydroxyl groups is 1. The lowest BCUT2D eigenvalue weighted by Crippen LogP contribution is -2.05. The first kappa shape index (κ1) is 22.2. The molecule has 7 heteroatoms. The molecular formula is C24H27N5O2. The van der Waals surface area contributed by atoms with E-state index in [1.807, 2.05) is 42.7 Å². The third kappa shape index (κ3) is 4.65. The third-order valence-electron chi connectivity index (χ3n) is 5.23. The molecule has 31 heavy (non-hydrogen) atoms. The molecule has 2 heterocycles. The lowest BCUT2D eigenvalue weighted by atomic mass is 10.0. The van der Waals surface area contributed by atoms with Crippen LogP contribution in [0.3, 0.4) is 0 Å². The monoisotopic (exact) mass is 417 g/mol. The number of aromatic nitrogens is 3. The van der Waals surface area contributed by atoms with E-state index >= 15 is 0 Å². The molecule has 1 aromatic carbocycles. The number of hydrogen-bond acceptors (Lipinski definition) is 5. The average molecular weight is 418 g/mol. The molecule has 0 aliphatic rings. The van der Waals surface area contributed by atoms with E-state index < -0.39 is 0 Å². The van der Waals surface area contributed by atoms with Gasteiger partial charge in [0.1, 0.15) is 17.8 Å². The second-order valence-corrected chi connectivity index (χ2v) is 7.48. The molecule has 0 radical (unpaired) electrons. The number of aryl methyl sites for hydroxylation is 2. The van der Waals surface area contributed by atoms with Crippen LogP contribution in [0.2, 0.25) is 0 Å². The summed E-state index contributed by atoms with van der Waals surface area (Å²) in [7, 11) is 0. The fraction of sp³-hybridized carbons (Fsp3) is 0.333. The molecule has 0 spiro atoms. The van der Waals surface area contributed by atoms with E-state index in [2.05, 4.69) is 14.8 Å². The molecule has 0 unspecified atom stereocenters. The van der Waals surface area contributed by atoms with Gasteiger partial charge >= 0.3 is 0 Å². The highest BCUT2D eigenvalue weighted by Gasteiger charge is 2.22. The molecule has 7 nitrogen and oxygen atoms in total. The van der Waals surface area contributed by atoms with Gasteiger partial charge in [0, 0.05) is 30.8 Å². The van der Waals surface area contributed by atoms with Crippen LogP contribution in [0.5, 0.6) is 0 Å². The predicted octanol–water partition coefficient (Wildman–Crippen LogP) is 4.39. The van der Waals surface area contributed by atoms with Gasteiger partial charge in [-0.05, 0) is 31.4 Å². The van der Waals surface area contributed by atoms with Gasteiger partial charge in [-0.15, -0.1) is 0 Å². The van der Waals surface area contributed by atoms with Crippen LogP contribution in [0.4, 0.5) is 5.82 Å². The Balaban J connectivity index is 2.33. The number of fused-ring (bicyclic) bond motifs is 1. The zero-order valence-electron chi connectivity index (χ0n) is 17.9. The lowest BCUT2D eigenvalue weighted by molar-refractivity contribution is -0.115. The summed E-state index contributed by atoms with van der Waals surface area (Å²) in [5.41, 5.74) is 10.4. The zero-order chi connectivity index (χ0) is 22.4. The Kier molecular flexibility index (Phi) is 7.16. The quantitative estimate of drug-likeness (QED) is 0.397. The van der Waals surface area contributed by atoms with Crippen molar-refractivity contribution in [2.75, 3.05) is 12.3 Å². The maximum atomic E-state index is 12.7. The highest BCUT2D eigenvalue weighted by atomic mass is 16.3. The van der Waals surface area contributed by atoms with Crippen LogP contribution < -0.4 is 5.73 Å². The van der Waals surface area contributed by atoms with Crippen LogP contribution in [0.1, 0.15) is 43.9 Å². The van der Waals surface area contributed by atoms with E-state index in [9.17, 15) is 9.90 Å². The number of nitrogens with zero attached hydrogens (tertiary/aromatic N) is 4. The van der Waals surface area contributed by atoms with Crippen molar-refractivity contribution in [3.05, 3.63) is 59.0 Å². The van der Waals surface area contributed by atoms with Gasteiger partial charge in [0.15, 0.2) is 5.78 Å². The summed E-state index contributed by atoms with van der Waals surface area (Å²) in [4.78, 5) is 24.8. The molecule has 0 aliphatic heterocycles. The zero-order valence-corrected chi connectivity index (χ0v) is 17.9. The van der Waals surface area contributed by atoms with Crippen molar-refractivity contribution >= 4 is 28.7 Å². The maximum Gasteiger partial charge on any atom is 0.231 e. The standard InChI is InChI=1S/C24H27N5O2/c1-4-5-7-20(31)18(26-3)14-19-21(17-10-8-16(2)9-11-17)22-23(25)27-15-28-24(22)29(19)12-6-13-30/h8-11,14-15,30H,4-7,12-13H2,1-2H3,(H2,25,27,28)/b18-14-. The number of hydrogen-bond donors (Lipinski definition) is 2. The van der Waals surface area contributed by atoms with Crippen LogP contribution in [0.25, 0.3) is 33.1 Å². The van der Waals surface area contributed by atoms with Gasteiger partial charge < -0.3 is 20.2 Å². The van der Waals surface area contributed by atoms with Crippen molar-refractivity contribution in [3.8, 4) is 11.1 Å². The van der Waals surface area contributed by atoms with E-state index in [0.29, 0.717) is 41.9 Å². The molecule has 0 atom stereocenters. The summed E-state index contributed by atoms with van der Waals surface area (Å²) in [6.07, 6.45) is 5.50. The van der Waals surface area contributed by atoms with Gasteiger partial charge in [-0.2, -0.15) is 0 Å². The maximum absolute atomic E-state index is 12.7. The van der Waals surface area contributed by atoms with E-state index in [0.717, 1.165) is 29.5 Å². The topological polar surface area (TPSA) is 98.4 Å². The van der Waals surface area contributed by atoms with Crippen molar-refractivity contribution in [1.82, 2.24) is 14.5 Å². The van der Waals surface area contributed by atoms with Crippen LogP contribution in [0, 0.1) is 13.5 Å². The largest absolute Gasteiger partial charge is 0.396 e. The first-order chi connectivity index (χ1) is 15.0. The van der Waals surface area contributed by atoms with Crippen molar-refractivity contribution in [1.29, 1.82) is 0 Å². The smallest absolute Gasteiger partial charge is 0.231 e. The number of nitrogens with two attached hydrogens (primary N) is 1. The molecule has 3 aromatic rings. The third-order valence-corrected chi connectivity index (χ3v) is 5.23. The Labute approximate surface area is 182 Å². The first-order valence-corrected chi connectivity index (χ1v) is 10.4. The number of anilines is 1. The first-order valence-electron chi connectivity index (χ1n) is 10.4. The summed E-state index contributed by atoms with van der Waals surface area (Å²) in [5, 5.41) is 10.1. The molecule has 3 N–H and O–H groups in total. The molecule has 0 saturated carbocycles. The van der Waals surface area contributed by atoms with Crippen LogP contribution in [-0.4, -0.2) is 32.0 Å². The minimum Gasteiger partial charge on any atom is -0.396 e. The van der Waals surface area contributed by atoms with E-state index in [-0.39, 0.29) is 18.1 Å². The predicted molar refractivity (Wildman–Crippen MR) is 123 cm³/mol. The van der Waals surface area contributed by atoms with Gasteiger partial charge in [0.2, 0.25) is 5.70 Å². The minimum absolute atomic E-state index is 0.00830. The molecule has 160 valence electrons. The van der Waals surface area contributed by atoms with Crippen LogP contribution in [0.15, 0.2) is 36.3 Å². The fourth-order valence-corrected chi connectivity index (χ4v) is 3.60. The Hall–Kier alpha value is -3.50. The van der Waals surface area contributed by atoms with Crippen molar-refractivity contribution in [2.24, 2.45) is 0 Å². The van der Waals surface area contributed by atoms with Gasteiger partial charge in [0.25, 0.3) is 0 Å². The molecule has 2 aromatic heterocycles. The number of nitrogen functional groups attached to an aromatic ring is 1. The molecule has 0 amide bonds. The summed E-state index contributed by atoms with van der Waals surface area (Å²) in [6.45, 7) is 12.1. The number of rotatable bonds is 9. The summed E-state index contributed by atoms with van der Waals surface area (Å²) in [5.74, 6) is 0.157. The van der Waals surface area contributed by atoms with Crippen molar-refractivity contribution < 1.29 is 9.90 Å². The average Bonchev–Trinajstić information content (AvgIpc) is 3.09. The molecule has 0 saturated heterocycles. The Morgan fingerprint density at radius 2 is 2.00 bits per heavy atom. The second-order valence-electron chi connectivity index (χ2n) is 7.48. The fourth-order valence-electron chi connectivity index (χ4n) is 3.60. The Morgan fingerprint density at radius 1 is 1.26 bits per heavy atom. The van der Waals surface area contributed by atoms with Gasteiger partial charge in [-0.25, -0.2) is 14.8 Å².